The minimum Gasteiger partial charge on any atom is -0.485 e. The highest BCUT2D eigenvalue weighted by atomic mass is 32.1. The van der Waals surface area contributed by atoms with E-state index in [1.807, 2.05) is 11.6 Å². The van der Waals surface area contributed by atoms with Crippen LogP contribution in [0.25, 0.3) is 0 Å². The number of nitrogens with zero attached hydrogens (tertiary/aromatic N) is 3. The Hall–Kier alpha value is -2.15. The van der Waals surface area contributed by atoms with Crippen LogP contribution in [-0.2, 0) is 18.5 Å². The fourth-order valence-corrected chi connectivity index (χ4v) is 3.71. The molecule has 0 saturated heterocycles. The number of hydrogen-bond acceptors (Lipinski definition) is 6. The highest BCUT2D eigenvalue weighted by Crippen LogP contribution is 2.40. The third-order valence-electron chi connectivity index (χ3n) is 4.11. The molecule has 0 bridgehead atoms. The van der Waals surface area contributed by atoms with Crippen molar-refractivity contribution >= 4 is 17.2 Å². The molecule has 4 heterocycles. The third kappa shape index (κ3) is 2.53. The average molecular weight is 345 g/mol. The van der Waals surface area contributed by atoms with Crippen molar-refractivity contribution in [2.45, 2.75) is 39.3 Å². The van der Waals surface area contributed by atoms with E-state index in [4.69, 9.17) is 9.47 Å². The molecule has 7 heteroatoms. The van der Waals surface area contributed by atoms with E-state index in [2.05, 4.69) is 30.7 Å². The number of amides is 1. The lowest BCUT2D eigenvalue weighted by Gasteiger charge is -2.18. The number of carbonyl (C=O) groups is 1. The van der Waals surface area contributed by atoms with Gasteiger partial charge < -0.3 is 14.4 Å². The van der Waals surface area contributed by atoms with Crippen molar-refractivity contribution < 1.29 is 14.3 Å². The van der Waals surface area contributed by atoms with Gasteiger partial charge in [0.1, 0.15) is 23.9 Å². The first-order valence-electron chi connectivity index (χ1n) is 7.95. The molecule has 0 radical (unpaired) electrons. The van der Waals surface area contributed by atoms with Crippen LogP contribution in [0.15, 0.2) is 11.6 Å². The van der Waals surface area contributed by atoms with Crippen molar-refractivity contribution in [2.75, 3.05) is 13.2 Å². The zero-order valence-electron chi connectivity index (χ0n) is 14.0. The van der Waals surface area contributed by atoms with E-state index in [-0.39, 0.29) is 11.3 Å². The van der Waals surface area contributed by atoms with Crippen LogP contribution in [0.4, 0.5) is 0 Å². The molecule has 0 N–H and O–H groups in total. The second-order valence-electron chi connectivity index (χ2n) is 7.03. The van der Waals surface area contributed by atoms with Gasteiger partial charge in [-0.25, -0.2) is 9.97 Å². The largest absolute Gasteiger partial charge is 0.485 e. The fourth-order valence-electron chi connectivity index (χ4n) is 2.81. The lowest BCUT2D eigenvalue weighted by molar-refractivity contribution is 0.0746. The first-order valence-corrected chi connectivity index (χ1v) is 8.83. The summed E-state index contributed by atoms with van der Waals surface area (Å²) >= 11 is 1.37. The Morgan fingerprint density at radius 2 is 2.04 bits per heavy atom. The SMILES string of the molecule is CC(C)(C)c1ncc2c(n1)CN(C(=O)c1scc3c1OCCO3)C2. The smallest absolute Gasteiger partial charge is 0.268 e. The molecule has 0 fully saturated rings. The van der Waals surface area contributed by atoms with Crippen molar-refractivity contribution in [3.05, 3.63) is 33.5 Å². The molecule has 0 unspecified atom stereocenters. The highest BCUT2D eigenvalue weighted by molar-refractivity contribution is 7.12. The second-order valence-corrected chi connectivity index (χ2v) is 7.91. The summed E-state index contributed by atoms with van der Waals surface area (Å²) in [5, 5.41) is 1.84. The summed E-state index contributed by atoms with van der Waals surface area (Å²) in [6, 6.07) is 0. The Bertz CT molecular complexity index is 810. The topological polar surface area (TPSA) is 64.6 Å². The summed E-state index contributed by atoms with van der Waals surface area (Å²) in [5.41, 5.74) is 1.84. The minimum atomic E-state index is -0.107. The highest BCUT2D eigenvalue weighted by Gasteiger charge is 2.32. The molecular weight excluding hydrogens is 326 g/mol. The monoisotopic (exact) mass is 345 g/mol. The number of fused-ring (bicyclic) bond motifs is 2. The predicted octanol–water partition coefficient (Wildman–Crippen LogP) is 2.76. The summed E-state index contributed by atoms with van der Waals surface area (Å²) in [7, 11) is 0. The molecular formula is C17H19N3O3S. The summed E-state index contributed by atoms with van der Waals surface area (Å²) in [5.74, 6) is 2.01. The molecule has 6 nitrogen and oxygen atoms in total. The van der Waals surface area contributed by atoms with Gasteiger partial charge in [-0.1, -0.05) is 20.8 Å². The van der Waals surface area contributed by atoms with Gasteiger partial charge in [-0.05, 0) is 0 Å². The molecule has 0 spiro atoms. The van der Waals surface area contributed by atoms with Crippen LogP contribution in [-0.4, -0.2) is 34.0 Å². The van der Waals surface area contributed by atoms with E-state index < -0.39 is 0 Å². The number of ether oxygens (including phenoxy) is 2. The van der Waals surface area contributed by atoms with Gasteiger partial charge in [-0.15, -0.1) is 11.3 Å². The molecule has 2 aromatic rings. The molecule has 0 saturated carbocycles. The first kappa shape index (κ1) is 15.4. The van der Waals surface area contributed by atoms with Crippen LogP contribution in [0.2, 0.25) is 0 Å². The van der Waals surface area contributed by atoms with Gasteiger partial charge in [0.2, 0.25) is 0 Å². The van der Waals surface area contributed by atoms with E-state index in [9.17, 15) is 4.79 Å². The molecule has 2 aliphatic rings. The van der Waals surface area contributed by atoms with Crippen molar-refractivity contribution in [2.24, 2.45) is 0 Å². The Morgan fingerprint density at radius 3 is 2.83 bits per heavy atom. The Kier molecular flexibility index (Phi) is 3.49. The first-order chi connectivity index (χ1) is 11.4. The molecule has 0 aromatic carbocycles. The molecule has 0 atom stereocenters. The maximum atomic E-state index is 12.9. The molecule has 2 aliphatic heterocycles. The van der Waals surface area contributed by atoms with Gasteiger partial charge in [0, 0.05) is 29.1 Å². The van der Waals surface area contributed by atoms with Gasteiger partial charge in [-0.3, -0.25) is 4.79 Å². The van der Waals surface area contributed by atoms with Crippen LogP contribution in [0.1, 0.15) is 47.5 Å². The summed E-state index contributed by atoms with van der Waals surface area (Å²) < 4.78 is 11.2. The number of thiophene rings is 1. The minimum absolute atomic E-state index is 0.0398. The van der Waals surface area contributed by atoms with Crippen LogP contribution in [0.3, 0.4) is 0 Å². The zero-order valence-corrected chi connectivity index (χ0v) is 14.8. The summed E-state index contributed by atoms with van der Waals surface area (Å²) in [6.07, 6.45) is 1.85. The summed E-state index contributed by atoms with van der Waals surface area (Å²) in [6.45, 7) is 8.30. The van der Waals surface area contributed by atoms with E-state index >= 15 is 0 Å². The molecule has 4 rings (SSSR count). The van der Waals surface area contributed by atoms with Crippen LogP contribution in [0.5, 0.6) is 11.5 Å². The Labute approximate surface area is 144 Å². The standard InChI is InChI=1S/C17H19N3O3S/c1-17(2,3)16-18-6-10-7-20(8-11(10)19-16)15(21)14-13-12(9-24-14)22-4-5-23-13/h6,9H,4-5,7-8H2,1-3H3. The lowest BCUT2D eigenvalue weighted by Crippen LogP contribution is -2.26. The second kappa shape index (κ2) is 5.44. The van der Waals surface area contributed by atoms with Crippen molar-refractivity contribution in [1.82, 2.24) is 14.9 Å². The zero-order chi connectivity index (χ0) is 16.9. The van der Waals surface area contributed by atoms with E-state index in [1.54, 1.807) is 4.90 Å². The normalized spacial score (nSPS) is 16.2. The number of carbonyl (C=O) groups excluding carboxylic acids is 1. The van der Waals surface area contributed by atoms with E-state index in [1.165, 1.54) is 11.3 Å². The van der Waals surface area contributed by atoms with Gasteiger partial charge in [-0.2, -0.15) is 0 Å². The van der Waals surface area contributed by atoms with Crippen LogP contribution >= 0.6 is 11.3 Å². The number of hydrogen-bond donors (Lipinski definition) is 0. The average Bonchev–Trinajstić information content (AvgIpc) is 3.16. The van der Waals surface area contributed by atoms with Crippen LogP contribution in [0, 0.1) is 0 Å². The van der Waals surface area contributed by atoms with Gasteiger partial charge in [0.15, 0.2) is 11.5 Å². The molecule has 1 amide bonds. The van der Waals surface area contributed by atoms with Gasteiger partial charge in [0.25, 0.3) is 5.91 Å². The molecule has 24 heavy (non-hydrogen) atoms. The third-order valence-corrected chi connectivity index (χ3v) is 5.04. The van der Waals surface area contributed by atoms with Gasteiger partial charge in [0.05, 0.1) is 12.2 Å². The molecule has 0 aliphatic carbocycles. The summed E-state index contributed by atoms with van der Waals surface area (Å²) in [4.78, 5) is 24.4. The molecule has 2 aromatic heterocycles. The van der Waals surface area contributed by atoms with Crippen LogP contribution < -0.4 is 9.47 Å². The lowest BCUT2D eigenvalue weighted by atomic mass is 9.95. The van der Waals surface area contributed by atoms with Crippen molar-refractivity contribution in [1.29, 1.82) is 0 Å². The predicted molar refractivity (Wildman–Crippen MR) is 89.6 cm³/mol. The van der Waals surface area contributed by atoms with Crippen molar-refractivity contribution in [3.8, 4) is 11.5 Å². The molecule has 126 valence electrons. The quantitative estimate of drug-likeness (QED) is 0.795. The number of rotatable bonds is 1. The maximum absolute atomic E-state index is 12.9. The Morgan fingerprint density at radius 1 is 1.25 bits per heavy atom. The number of aromatic nitrogens is 2. The van der Waals surface area contributed by atoms with Gasteiger partial charge >= 0.3 is 0 Å². The maximum Gasteiger partial charge on any atom is 0.268 e. The Balaban J connectivity index is 1.58. The fraction of sp³-hybridized carbons (Fsp3) is 0.471. The van der Waals surface area contributed by atoms with Crippen molar-refractivity contribution in [3.63, 3.8) is 0 Å². The van der Waals surface area contributed by atoms with E-state index in [0.29, 0.717) is 42.7 Å². The van der Waals surface area contributed by atoms with E-state index in [0.717, 1.165) is 17.1 Å².